The van der Waals surface area contributed by atoms with E-state index >= 15 is 0 Å². The molecule has 0 saturated heterocycles. The molecule has 4 aromatic rings. The molecule has 0 aliphatic heterocycles. The Balaban J connectivity index is 0.00000240. The van der Waals surface area contributed by atoms with Gasteiger partial charge in [-0.15, -0.1) is 12.4 Å². The van der Waals surface area contributed by atoms with Gasteiger partial charge in [0.2, 0.25) is 0 Å². The molecule has 3 nitrogen and oxygen atoms in total. The van der Waals surface area contributed by atoms with E-state index in [2.05, 4.69) is 65.5 Å². The number of nitrogens with zero attached hydrogens (tertiary/aromatic N) is 1. The van der Waals surface area contributed by atoms with Crippen LogP contribution in [0, 0.1) is 0 Å². The normalized spacial score (nSPS) is 10.7. The van der Waals surface area contributed by atoms with Crippen molar-refractivity contribution in [2.45, 2.75) is 19.7 Å². The van der Waals surface area contributed by atoms with Gasteiger partial charge < -0.3 is 14.6 Å². The quantitative estimate of drug-likeness (QED) is 0.385. The van der Waals surface area contributed by atoms with Crippen LogP contribution < -0.4 is 10.1 Å². The van der Waals surface area contributed by atoms with Crippen molar-refractivity contribution < 1.29 is 4.74 Å². The van der Waals surface area contributed by atoms with Gasteiger partial charge in [0.1, 0.15) is 12.4 Å². The van der Waals surface area contributed by atoms with Crippen LogP contribution in [0.25, 0.3) is 10.9 Å². The van der Waals surface area contributed by atoms with E-state index in [1.807, 2.05) is 30.3 Å². The van der Waals surface area contributed by atoms with Crippen LogP contribution in [-0.2, 0) is 26.7 Å². The summed E-state index contributed by atoms with van der Waals surface area (Å²) in [6.45, 7) is 2.13. The Kier molecular flexibility index (Phi) is 7.21. The molecule has 150 valence electrons. The highest BCUT2D eigenvalue weighted by Crippen LogP contribution is 2.27. The van der Waals surface area contributed by atoms with Crippen molar-refractivity contribution in [2.75, 3.05) is 0 Å². The van der Waals surface area contributed by atoms with Gasteiger partial charge in [-0.3, -0.25) is 0 Å². The van der Waals surface area contributed by atoms with Crippen LogP contribution in [0.5, 0.6) is 5.75 Å². The maximum absolute atomic E-state index is 6.06. The summed E-state index contributed by atoms with van der Waals surface area (Å²) < 4.78 is 8.28. The number of hydrogen-bond acceptors (Lipinski definition) is 2. The van der Waals surface area contributed by atoms with Crippen LogP contribution in [0.2, 0.25) is 5.02 Å². The van der Waals surface area contributed by atoms with Gasteiger partial charge in [-0.1, -0.05) is 60.1 Å². The molecule has 0 aliphatic rings. The van der Waals surface area contributed by atoms with Gasteiger partial charge in [0.15, 0.2) is 0 Å². The van der Waals surface area contributed by atoms with Crippen molar-refractivity contribution in [3.63, 3.8) is 0 Å². The first kappa shape index (κ1) is 21.3. The van der Waals surface area contributed by atoms with Gasteiger partial charge in [-0.25, -0.2) is 0 Å². The highest BCUT2D eigenvalue weighted by molar-refractivity contribution is 6.30. The Morgan fingerprint density at radius 3 is 2.31 bits per heavy atom. The number of fused-ring (bicyclic) bond motifs is 1. The molecule has 0 radical (unpaired) electrons. The number of aryl methyl sites for hydroxylation is 1. The van der Waals surface area contributed by atoms with E-state index in [-0.39, 0.29) is 12.4 Å². The lowest BCUT2D eigenvalue weighted by Crippen LogP contribution is -2.15. The number of hydrogen-bond donors (Lipinski definition) is 1. The van der Waals surface area contributed by atoms with Crippen LogP contribution in [-0.4, -0.2) is 4.57 Å². The highest BCUT2D eigenvalue weighted by Gasteiger charge is 2.15. The van der Waals surface area contributed by atoms with Gasteiger partial charge in [0.25, 0.3) is 0 Å². The predicted molar refractivity (Wildman–Crippen MR) is 123 cm³/mol. The molecule has 0 saturated carbocycles. The van der Waals surface area contributed by atoms with Crippen molar-refractivity contribution in [2.24, 2.45) is 7.05 Å². The first-order valence-electron chi connectivity index (χ1n) is 9.40. The van der Waals surface area contributed by atoms with Crippen LogP contribution in [0.3, 0.4) is 0 Å². The first-order valence-corrected chi connectivity index (χ1v) is 9.78. The molecule has 0 atom stereocenters. The predicted octanol–water partition coefficient (Wildman–Crippen LogP) is 6.12. The fourth-order valence-corrected chi connectivity index (χ4v) is 3.64. The summed E-state index contributed by atoms with van der Waals surface area (Å²) in [6.07, 6.45) is 0. The Morgan fingerprint density at radius 2 is 1.55 bits per heavy atom. The van der Waals surface area contributed by atoms with E-state index in [4.69, 9.17) is 16.3 Å². The van der Waals surface area contributed by atoms with E-state index in [1.165, 1.54) is 27.7 Å². The number of para-hydroxylation sites is 1. The third-order valence-electron chi connectivity index (χ3n) is 5.01. The van der Waals surface area contributed by atoms with Crippen molar-refractivity contribution in [3.05, 3.63) is 101 Å². The molecule has 0 unspecified atom stereocenters. The van der Waals surface area contributed by atoms with E-state index in [1.54, 1.807) is 0 Å². The molecule has 29 heavy (non-hydrogen) atoms. The molecule has 1 heterocycles. The third-order valence-corrected chi connectivity index (χ3v) is 5.26. The molecular weight excluding hydrogens is 403 g/mol. The van der Waals surface area contributed by atoms with E-state index in [0.29, 0.717) is 11.6 Å². The van der Waals surface area contributed by atoms with Crippen molar-refractivity contribution in [3.8, 4) is 5.75 Å². The maximum atomic E-state index is 6.06. The summed E-state index contributed by atoms with van der Waals surface area (Å²) >= 11 is 5.97. The zero-order valence-electron chi connectivity index (χ0n) is 16.3. The van der Waals surface area contributed by atoms with E-state index in [0.717, 1.165) is 18.8 Å². The second-order valence-electron chi connectivity index (χ2n) is 6.83. The van der Waals surface area contributed by atoms with Crippen molar-refractivity contribution in [1.29, 1.82) is 0 Å². The average molecular weight is 427 g/mol. The minimum absolute atomic E-state index is 0. The maximum Gasteiger partial charge on any atom is 0.129 e. The number of aromatic nitrogens is 1. The molecular formula is C24H24Cl2N2O. The number of halogens is 2. The number of ether oxygens (including phenoxy) is 1. The lowest BCUT2D eigenvalue weighted by atomic mass is 10.1. The zero-order chi connectivity index (χ0) is 19.3. The molecule has 5 heteroatoms. The molecule has 0 spiro atoms. The third kappa shape index (κ3) is 4.94. The lowest BCUT2D eigenvalue weighted by Gasteiger charge is -2.11. The van der Waals surface area contributed by atoms with Crippen LogP contribution in [0.15, 0.2) is 78.9 Å². The average Bonchev–Trinajstić information content (AvgIpc) is 3.00. The smallest absolute Gasteiger partial charge is 0.129 e. The van der Waals surface area contributed by atoms with Gasteiger partial charge in [0.05, 0.1) is 5.69 Å². The Hall–Kier alpha value is -2.46. The van der Waals surface area contributed by atoms with Gasteiger partial charge in [-0.2, -0.15) is 0 Å². The molecule has 3 aromatic carbocycles. The fourth-order valence-electron chi connectivity index (χ4n) is 3.52. The highest BCUT2D eigenvalue weighted by atomic mass is 35.5. The standard InChI is InChI=1S/C24H23ClN2O.ClH/c1-27-23-10-6-5-9-21(23)22(16-26-15-18-7-3-2-4-8-18)24(27)17-28-20-13-11-19(25)12-14-20;/h2-14,26H,15-17H2,1H3;1H. The van der Waals surface area contributed by atoms with Crippen LogP contribution in [0.1, 0.15) is 16.8 Å². The summed E-state index contributed by atoms with van der Waals surface area (Å²) in [5, 5.41) is 5.56. The minimum Gasteiger partial charge on any atom is -0.487 e. The van der Waals surface area contributed by atoms with E-state index < -0.39 is 0 Å². The summed E-state index contributed by atoms with van der Waals surface area (Å²) in [7, 11) is 2.10. The molecule has 0 bridgehead atoms. The monoisotopic (exact) mass is 426 g/mol. The molecule has 0 amide bonds. The van der Waals surface area contributed by atoms with Crippen molar-refractivity contribution in [1.82, 2.24) is 9.88 Å². The minimum atomic E-state index is 0. The van der Waals surface area contributed by atoms with Gasteiger partial charge in [-0.05, 0) is 41.5 Å². The second-order valence-corrected chi connectivity index (χ2v) is 7.27. The Bertz CT molecular complexity index is 1060. The van der Waals surface area contributed by atoms with Crippen molar-refractivity contribution >= 4 is 34.9 Å². The number of benzene rings is 3. The molecule has 0 fully saturated rings. The second kappa shape index (κ2) is 9.84. The molecule has 0 aliphatic carbocycles. The molecule has 1 N–H and O–H groups in total. The number of nitrogens with one attached hydrogen (secondary N) is 1. The Labute approximate surface area is 182 Å². The summed E-state index contributed by atoms with van der Waals surface area (Å²) in [6, 6.07) is 26.5. The van der Waals surface area contributed by atoms with Crippen LogP contribution in [0.4, 0.5) is 0 Å². The van der Waals surface area contributed by atoms with Gasteiger partial charge >= 0.3 is 0 Å². The van der Waals surface area contributed by atoms with Crippen LogP contribution >= 0.6 is 24.0 Å². The van der Waals surface area contributed by atoms with E-state index in [9.17, 15) is 0 Å². The summed E-state index contributed by atoms with van der Waals surface area (Å²) in [5.74, 6) is 0.817. The SMILES string of the molecule is Cl.Cn1c(COc2ccc(Cl)cc2)c(CNCc2ccccc2)c2ccccc21. The van der Waals surface area contributed by atoms with Gasteiger partial charge in [0, 0.05) is 36.1 Å². The topological polar surface area (TPSA) is 26.2 Å². The molecule has 1 aromatic heterocycles. The largest absolute Gasteiger partial charge is 0.487 e. The zero-order valence-corrected chi connectivity index (χ0v) is 17.8. The lowest BCUT2D eigenvalue weighted by molar-refractivity contribution is 0.296. The fraction of sp³-hybridized carbons (Fsp3) is 0.167. The summed E-state index contributed by atoms with van der Waals surface area (Å²) in [5.41, 5.74) is 4.95. The number of rotatable bonds is 7. The first-order chi connectivity index (χ1) is 13.7. The summed E-state index contributed by atoms with van der Waals surface area (Å²) in [4.78, 5) is 0. The molecule has 4 rings (SSSR count). The Morgan fingerprint density at radius 1 is 0.862 bits per heavy atom.